The van der Waals surface area contributed by atoms with Gasteiger partial charge in [-0.05, 0) is 41.8 Å². The lowest BCUT2D eigenvalue weighted by Crippen LogP contribution is -2.49. The van der Waals surface area contributed by atoms with Crippen LogP contribution in [0, 0.1) is 5.92 Å². The standard InChI is InChI=1S/C21H26N2O2S/c1-14(2)20(15(3)24)22-19(25)13-23-11-9-18-17(10-12-26-18)21(23)16-7-5-4-6-8-16/h4-8,10,12,14,20-21H,9,11,13H2,1-3H3,(H,22,25)/t20-,21-/m1/s1. The third-order valence-corrected chi connectivity index (χ3v) is 5.95. The quantitative estimate of drug-likeness (QED) is 0.848. The maximum absolute atomic E-state index is 12.7. The average Bonchev–Trinajstić information content (AvgIpc) is 3.08. The minimum Gasteiger partial charge on any atom is -0.345 e. The predicted molar refractivity (Wildman–Crippen MR) is 105 cm³/mol. The summed E-state index contributed by atoms with van der Waals surface area (Å²) in [5.74, 6) is 0.0106. The second kappa shape index (κ2) is 8.14. The highest BCUT2D eigenvalue weighted by molar-refractivity contribution is 7.10. The van der Waals surface area contributed by atoms with Gasteiger partial charge < -0.3 is 5.32 Å². The number of thiophene rings is 1. The van der Waals surface area contributed by atoms with Gasteiger partial charge >= 0.3 is 0 Å². The fraction of sp³-hybridized carbons (Fsp3) is 0.429. The second-order valence-electron chi connectivity index (χ2n) is 7.23. The minimum atomic E-state index is -0.417. The van der Waals surface area contributed by atoms with Crippen LogP contribution in [0.3, 0.4) is 0 Å². The van der Waals surface area contributed by atoms with E-state index in [9.17, 15) is 9.59 Å². The van der Waals surface area contributed by atoms with E-state index in [1.165, 1.54) is 22.9 Å². The van der Waals surface area contributed by atoms with E-state index in [4.69, 9.17) is 0 Å². The molecule has 5 heteroatoms. The number of hydrogen-bond acceptors (Lipinski definition) is 4. The minimum absolute atomic E-state index is 0.00623. The van der Waals surface area contributed by atoms with Gasteiger partial charge in [0.2, 0.25) is 5.91 Å². The summed E-state index contributed by atoms with van der Waals surface area (Å²) < 4.78 is 0. The largest absolute Gasteiger partial charge is 0.345 e. The van der Waals surface area contributed by atoms with Gasteiger partial charge in [0, 0.05) is 11.4 Å². The van der Waals surface area contributed by atoms with Gasteiger partial charge in [-0.25, -0.2) is 0 Å². The first-order valence-corrected chi connectivity index (χ1v) is 10.0. The first kappa shape index (κ1) is 18.8. The molecule has 2 atom stereocenters. The van der Waals surface area contributed by atoms with Crippen molar-refractivity contribution in [1.82, 2.24) is 10.2 Å². The molecule has 1 aliphatic heterocycles. The number of carbonyl (C=O) groups is 2. The molecule has 2 heterocycles. The van der Waals surface area contributed by atoms with Crippen molar-refractivity contribution in [2.24, 2.45) is 5.92 Å². The average molecular weight is 371 g/mol. The van der Waals surface area contributed by atoms with Crippen LogP contribution in [-0.4, -0.2) is 35.7 Å². The number of ketones is 1. The molecule has 0 aliphatic carbocycles. The van der Waals surface area contributed by atoms with E-state index >= 15 is 0 Å². The van der Waals surface area contributed by atoms with Crippen molar-refractivity contribution >= 4 is 23.0 Å². The lowest BCUT2D eigenvalue weighted by Gasteiger charge is -2.36. The SMILES string of the molecule is CC(=O)[C@H](NC(=O)CN1CCc2sccc2[C@H]1c1ccccc1)C(C)C. The Balaban J connectivity index is 1.80. The lowest BCUT2D eigenvalue weighted by molar-refractivity contribution is -0.128. The fourth-order valence-electron chi connectivity index (χ4n) is 3.71. The number of rotatable bonds is 6. The number of nitrogens with zero attached hydrogens (tertiary/aromatic N) is 1. The Hall–Kier alpha value is -1.98. The predicted octanol–water partition coefficient (Wildman–Crippen LogP) is 3.43. The molecule has 2 aromatic rings. The highest BCUT2D eigenvalue weighted by Gasteiger charge is 2.31. The summed E-state index contributed by atoms with van der Waals surface area (Å²) in [5, 5.41) is 5.06. The van der Waals surface area contributed by atoms with Gasteiger partial charge in [0.1, 0.15) is 0 Å². The van der Waals surface area contributed by atoms with Gasteiger partial charge in [-0.3, -0.25) is 14.5 Å². The highest BCUT2D eigenvalue weighted by atomic mass is 32.1. The van der Waals surface area contributed by atoms with Gasteiger partial charge in [-0.15, -0.1) is 11.3 Å². The Morgan fingerprint density at radius 1 is 1.23 bits per heavy atom. The third kappa shape index (κ3) is 4.05. The topological polar surface area (TPSA) is 49.4 Å². The monoisotopic (exact) mass is 370 g/mol. The lowest BCUT2D eigenvalue weighted by atomic mass is 9.93. The number of nitrogens with one attached hydrogen (secondary N) is 1. The van der Waals surface area contributed by atoms with E-state index in [0.717, 1.165) is 13.0 Å². The summed E-state index contributed by atoms with van der Waals surface area (Å²) in [5.41, 5.74) is 2.50. The molecule has 1 aromatic heterocycles. The van der Waals surface area contributed by atoms with Crippen molar-refractivity contribution in [2.75, 3.05) is 13.1 Å². The first-order valence-electron chi connectivity index (χ1n) is 9.12. The number of hydrogen-bond donors (Lipinski definition) is 1. The Bertz CT molecular complexity index is 769. The summed E-state index contributed by atoms with van der Waals surface area (Å²) in [6, 6.07) is 12.2. The van der Waals surface area contributed by atoms with Crippen molar-refractivity contribution in [3.8, 4) is 0 Å². The summed E-state index contributed by atoms with van der Waals surface area (Å²) in [4.78, 5) is 28.1. The number of amides is 1. The normalized spacial score (nSPS) is 18.4. The molecule has 1 N–H and O–H groups in total. The van der Waals surface area contributed by atoms with E-state index in [2.05, 4.69) is 33.8 Å². The molecule has 0 unspecified atom stereocenters. The van der Waals surface area contributed by atoms with Gasteiger partial charge in [-0.2, -0.15) is 0 Å². The number of Topliss-reactive ketones (excluding diaryl/α,β-unsaturated/α-hetero) is 1. The molecule has 1 aliphatic rings. The van der Waals surface area contributed by atoms with Crippen molar-refractivity contribution < 1.29 is 9.59 Å². The van der Waals surface area contributed by atoms with Gasteiger partial charge in [0.05, 0.1) is 18.6 Å². The maximum atomic E-state index is 12.7. The van der Waals surface area contributed by atoms with E-state index in [1.54, 1.807) is 11.3 Å². The zero-order chi connectivity index (χ0) is 18.7. The molecule has 3 rings (SSSR count). The summed E-state index contributed by atoms with van der Waals surface area (Å²) in [7, 11) is 0. The number of fused-ring (bicyclic) bond motifs is 1. The fourth-order valence-corrected chi connectivity index (χ4v) is 4.61. The van der Waals surface area contributed by atoms with Crippen molar-refractivity contribution in [1.29, 1.82) is 0 Å². The summed E-state index contributed by atoms with van der Waals surface area (Å²) in [6.07, 6.45) is 0.962. The highest BCUT2D eigenvalue weighted by Crippen LogP contribution is 2.37. The van der Waals surface area contributed by atoms with Crippen LogP contribution in [0.5, 0.6) is 0 Å². The number of benzene rings is 1. The molecular formula is C21H26N2O2S. The van der Waals surface area contributed by atoms with Crippen LogP contribution in [-0.2, 0) is 16.0 Å². The Labute approximate surface area is 159 Å². The molecule has 0 saturated heterocycles. The Morgan fingerprint density at radius 2 is 1.96 bits per heavy atom. The van der Waals surface area contributed by atoms with E-state index in [1.807, 2.05) is 32.0 Å². The molecule has 0 radical (unpaired) electrons. The van der Waals surface area contributed by atoms with Gasteiger partial charge in [0.25, 0.3) is 0 Å². The van der Waals surface area contributed by atoms with Gasteiger partial charge in [0.15, 0.2) is 5.78 Å². The van der Waals surface area contributed by atoms with E-state index in [-0.39, 0.29) is 23.7 Å². The van der Waals surface area contributed by atoms with Crippen LogP contribution in [0.4, 0.5) is 0 Å². The van der Waals surface area contributed by atoms with Crippen LogP contribution >= 0.6 is 11.3 Å². The van der Waals surface area contributed by atoms with Crippen LogP contribution in [0.2, 0.25) is 0 Å². The van der Waals surface area contributed by atoms with Crippen LogP contribution in [0.1, 0.15) is 42.8 Å². The zero-order valence-electron chi connectivity index (χ0n) is 15.6. The molecule has 1 amide bonds. The molecule has 0 bridgehead atoms. The molecular weight excluding hydrogens is 344 g/mol. The molecule has 0 saturated carbocycles. The molecule has 0 fully saturated rings. The Morgan fingerprint density at radius 3 is 2.62 bits per heavy atom. The molecule has 1 aromatic carbocycles. The third-order valence-electron chi connectivity index (χ3n) is 4.95. The molecule has 0 spiro atoms. The van der Waals surface area contributed by atoms with Crippen molar-refractivity contribution in [2.45, 2.75) is 39.3 Å². The second-order valence-corrected chi connectivity index (χ2v) is 8.23. The molecule has 26 heavy (non-hydrogen) atoms. The summed E-state index contributed by atoms with van der Waals surface area (Å²) >= 11 is 1.79. The molecule has 4 nitrogen and oxygen atoms in total. The Kier molecular flexibility index (Phi) is 5.89. The van der Waals surface area contributed by atoms with Crippen LogP contribution in [0.15, 0.2) is 41.8 Å². The zero-order valence-corrected chi connectivity index (χ0v) is 16.4. The maximum Gasteiger partial charge on any atom is 0.234 e. The van der Waals surface area contributed by atoms with Gasteiger partial charge in [-0.1, -0.05) is 44.2 Å². The van der Waals surface area contributed by atoms with E-state index < -0.39 is 6.04 Å². The van der Waals surface area contributed by atoms with E-state index in [0.29, 0.717) is 6.54 Å². The first-order chi connectivity index (χ1) is 12.5. The summed E-state index contributed by atoms with van der Waals surface area (Å²) in [6.45, 7) is 6.59. The molecule has 138 valence electrons. The number of carbonyl (C=O) groups excluding carboxylic acids is 2. The van der Waals surface area contributed by atoms with Crippen molar-refractivity contribution in [3.05, 3.63) is 57.8 Å². The van der Waals surface area contributed by atoms with Crippen LogP contribution in [0.25, 0.3) is 0 Å². The van der Waals surface area contributed by atoms with Crippen LogP contribution < -0.4 is 5.32 Å². The smallest absolute Gasteiger partial charge is 0.234 e. The van der Waals surface area contributed by atoms with Crippen molar-refractivity contribution in [3.63, 3.8) is 0 Å².